The molecule has 3 aromatic carbocycles. The lowest BCUT2D eigenvalue weighted by Crippen LogP contribution is -2.56. The van der Waals surface area contributed by atoms with Crippen molar-refractivity contribution < 1.29 is 9.53 Å². The van der Waals surface area contributed by atoms with E-state index in [-0.39, 0.29) is 11.9 Å². The van der Waals surface area contributed by atoms with Crippen LogP contribution >= 0.6 is 0 Å². The Labute approximate surface area is 215 Å². The normalized spacial score (nSPS) is 21.3. The highest BCUT2D eigenvalue weighted by atomic mass is 16.5. The summed E-state index contributed by atoms with van der Waals surface area (Å²) in [5.74, 6) is 1.01. The van der Waals surface area contributed by atoms with E-state index in [1.54, 1.807) is 14.0 Å². The van der Waals surface area contributed by atoms with Gasteiger partial charge >= 0.3 is 0 Å². The van der Waals surface area contributed by atoms with Crippen molar-refractivity contribution in [2.75, 3.05) is 20.2 Å². The van der Waals surface area contributed by atoms with Crippen molar-refractivity contribution >= 4 is 5.91 Å². The third-order valence-corrected chi connectivity index (χ3v) is 7.85. The van der Waals surface area contributed by atoms with Crippen LogP contribution in [0.3, 0.4) is 0 Å². The highest BCUT2D eigenvalue weighted by Gasteiger charge is 2.35. The number of benzene rings is 3. The van der Waals surface area contributed by atoms with Crippen molar-refractivity contribution in [1.82, 2.24) is 14.7 Å². The first-order valence-corrected chi connectivity index (χ1v) is 13.0. The van der Waals surface area contributed by atoms with Gasteiger partial charge in [-0.1, -0.05) is 60.7 Å². The van der Waals surface area contributed by atoms with E-state index in [2.05, 4.69) is 90.4 Å². The van der Waals surface area contributed by atoms with E-state index in [1.807, 2.05) is 11.0 Å². The third-order valence-electron chi connectivity index (χ3n) is 7.85. The molecule has 0 spiro atoms. The van der Waals surface area contributed by atoms with Crippen LogP contribution in [0.1, 0.15) is 54.6 Å². The topological polar surface area (TPSA) is 36.0 Å². The second kappa shape index (κ2) is 10.5. The third kappa shape index (κ3) is 5.04. The molecule has 5 nitrogen and oxygen atoms in total. The molecule has 1 fully saturated rings. The van der Waals surface area contributed by atoms with E-state index in [9.17, 15) is 4.79 Å². The molecule has 0 radical (unpaired) electrons. The zero-order valence-corrected chi connectivity index (χ0v) is 21.9. The number of ether oxygens (including phenoxy) is 1. The van der Waals surface area contributed by atoms with Crippen molar-refractivity contribution in [1.29, 1.82) is 0 Å². The van der Waals surface area contributed by atoms with E-state index in [1.165, 1.54) is 27.8 Å². The Morgan fingerprint density at radius 1 is 0.889 bits per heavy atom. The van der Waals surface area contributed by atoms with Gasteiger partial charge in [0.2, 0.25) is 5.91 Å². The summed E-state index contributed by atoms with van der Waals surface area (Å²) in [4.78, 5) is 19.2. The number of hydrogen-bond donors (Lipinski definition) is 0. The summed E-state index contributed by atoms with van der Waals surface area (Å²) in [6.45, 7) is 10.7. The van der Waals surface area contributed by atoms with Gasteiger partial charge in [0.15, 0.2) is 0 Å². The van der Waals surface area contributed by atoms with Crippen LogP contribution in [0.25, 0.3) is 0 Å². The zero-order chi connectivity index (χ0) is 25.2. The van der Waals surface area contributed by atoms with Crippen molar-refractivity contribution in [2.45, 2.75) is 58.5 Å². The number of carbonyl (C=O) groups excluding carboxylic acids is 1. The molecule has 36 heavy (non-hydrogen) atoms. The maximum Gasteiger partial charge on any atom is 0.220 e. The van der Waals surface area contributed by atoms with Gasteiger partial charge in [0, 0.05) is 51.7 Å². The van der Waals surface area contributed by atoms with Gasteiger partial charge in [0.25, 0.3) is 0 Å². The maximum atomic E-state index is 12.0. The Bertz CT molecular complexity index is 1210. The van der Waals surface area contributed by atoms with Crippen LogP contribution in [0.4, 0.5) is 0 Å². The predicted molar refractivity (Wildman–Crippen MR) is 144 cm³/mol. The van der Waals surface area contributed by atoms with Crippen LogP contribution in [0.2, 0.25) is 0 Å². The van der Waals surface area contributed by atoms with E-state index >= 15 is 0 Å². The molecule has 0 bridgehead atoms. The SMILES string of the molecule is COc1cccc(C(c2ccc3c(c2)CN(C(C)=O)C3)N2C[C@@H](C)N(Cc3ccccc3)C[C@@H]2C)c1. The van der Waals surface area contributed by atoms with Crippen LogP contribution in [0.15, 0.2) is 72.8 Å². The summed E-state index contributed by atoms with van der Waals surface area (Å²) in [6.07, 6.45) is 0. The highest BCUT2D eigenvalue weighted by molar-refractivity contribution is 5.74. The van der Waals surface area contributed by atoms with E-state index in [4.69, 9.17) is 4.74 Å². The summed E-state index contributed by atoms with van der Waals surface area (Å²) in [5.41, 5.74) is 6.41. The van der Waals surface area contributed by atoms with Gasteiger partial charge in [0.05, 0.1) is 13.2 Å². The number of piperazine rings is 1. The number of nitrogens with zero attached hydrogens (tertiary/aromatic N) is 3. The maximum absolute atomic E-state index is 12.0. The van der Waals surface area contributed by atoms with Gasteiger partial charge in [-0.25, -0.2) is 0 Å². The molecule has 188 valence electrons. The number of amides is 1. The summed E-state index contributed by atoms with van der Waals surface area (Å²) in [7, 11) is 1.73. The Morgan fingerprint density at radius 3 is 2.39 bits per heavy atom. The summed E-state index contributed by atoms with van der Waals surface area (Å²) < 4.78 is 5.60. The van der Waals surface area contributed by atoms with Crippen molar-refractivity contribution in [3.05, 3.63) is 101 Å². The van der Waals surface area contributed by atoms with Gasteiger partial charge < -0.3 is 9.64 Å². The molecule has 3 atom stereocenters. The number of fused-ring (bicyclic) bond motifs is 1. The molecule has 1 amide bonds. The molecule has 5 heteroatoms. The van der Waals surface area contributed by atoms with Gasteiger partial charge in [0.1, 0.15) is 5.75 Å². The molecule has 3 aromatic rings. The fourth-order valence-corrected chi connectivity index (χ4v) is 5.82. The fraction of sp³-hybridized carbons (Fsp3) is 0.387. The number of rotatable bonds is 6. The first-order valence-electron chi connectivity index (χ1n) is 13.0. The summed E-state index contributed by atoms with van der Waals surface area (Å²) in [6, 6.07) is 27.0. The molecule has 0 saturated carbocycles. The molecule has 5 rings (SSSR count). The number of hydrogen-bond acceptors (Lipinski definition) is 4. The second-order valence-corrected chi connectivity index (χ2v) is 10.4. The van der Waals surface area contributed by atoms with Crippen molar-refractivity contribution in [2.24, 2.45) is 0 Å². The smallest absolute Gasteiger partial charge is 0.220 e. The minimum Gasteiger partial charge on any atom is -0.497 e. The Hall–Kier alpha value is -3.15. The minimum absolute atomic E-state index is 0.119. The molecule has 2 aliphatic rings. The minimum atomic E-state index is 0.119. The van der Waals surface area contributed by atoms with E-state index in [0.717, 1.165) is 25.4 Å². The van der Waals surface area contributed by atoms with Crippen molar-refractivity contribution in [3.63, 3.8) is 0 Å². The van der Waals surface area contributed by atoms with E-state index < -0.39 is 0 Å². The van der Waals surface area contributed by atoms with Gasteiger partial charge in [-0.05, 0) is 53.8 Å². The van der Waals surface area contributed by atoms with Crippen LogP contribution < -0.4 is 4.74 Å². The average molecular weight is 484 g/mol. The molecular weight excluding hydrogens is 446 g/mol. The van der Waals surface area contributed by atoms with Gasteiger partial charge in [-0.3, -0.25) is 14.6 Å². The standard InChI is InChI=1S/C31H37N3O2/c1-22-18-34(23(2)17-32(22)19-25-9-6-5-7-10-25)31(26-11-8-12-30(16-26)36-4)27-13-14-28-20-33(24(3)35)21-29(28)15-27/h5-16,22-23,31H,17-21H2,1-4H3/t22-,23+,31?/m1/s1. The van der Waals surface area contributed by atoms with Crippen LogP contribution in [0.5, 0.6) is 5.75 Å². The first kappa shape index (κ1) is 24.5. The lowest BCUT2D eigenvalue weighted by Gasteiger charge is -2.48. The van der Waals surface area contributed by atoms with Crippen LogP contribution in [-0.2, 0) is 24.4 Å². The molecule has 2 heterocycles. The molecule has 2 aliphatic heterocycles. The lowest BCUT2D eigenvalue weighted by molar-refractivity contribution is -0.129. The molecule has 0 N–H and O–H groups in total. The molecule has 0 aliphatic carbocycles. The number of methoxy groups -OCH3 is 1. The monoisotopic (exact) mass is 483 g/mol. The zero-order valence-electron chi connectivity index (χ0n) is 21.9. The quantitative estimate of drug-likeness (QED) is 0.480. The van der Waals surface area contributed by atoms with Gasteiger partial charge in [-0.2, -0.15) is 0 Å². The highest BCUT2D eigenvalue weighted by Crippen LogP contribution is 2.37. The molecule has 1 unspecified atom stereocenters. The fourth-order valence-electron chi connectivity index (χ4n) is 5.82. The average Bonchev–Trinajstić information content (AvgIpc) is 3.32. The number of carbonyl (C=O) groups is 1. The Morgan fingerprint density at radius 2 is 1.64 bits per heavy atom. The van der Waals surface area contributed by atoms with Gasteiger partial charge in [-0.15, -0.1) is 0 Å². The molecule has 0 aromatic heterocycles. The predicted octanol–water partition coefficient (Wildman–Crippen LogP) is 5.24. The first-order chi connectivity index (χ1) is 17.4. The largest absolute Gasteiger partial charge is 0.497 e. The summed E-state index contributed by atoms with van der Waals surface area (Å²) in [5, 5.41) is 0. The Balaban J connectivity index is 1.46. The summed E-state index contributed by atoms with van der Waals surface area (Å²) >= 11 is 0. The van der Waals surface area contributed by atoms with Crippen molar-refractivity contribution in [3.8, 4) is 5.75 Å². The van der Waals surface area contributed by atoms with Crippen LogP contribution in [0, 0.1) is 0 Å². The lowest BCUT2D eigenvalue weighted by atomic mass is 9.91. The second-order valence-electron chi connectivity index (χ2n) is 10.4. The van der Waals surface area contributed by atoms with Crippen LogP contribution in [-0.4, -0.2) is 52.9 Å². The molecular formula is C31H37N3O2. The van der Waals surface area contributed by atoms with E-state index in [0.29, 0.717) is 25.2 Å². The Kier molecular flexibility index (Phi) is 7.13. The molecule has 1 saturated heterocycles.